The number of alkyl carbamates (subject to hydrolysis) is 1. The summed E-state index contributed by atoms with van der Waals surface area (Å²) < 4.78 is 7.17. The number of aliphatic hydroxyl groups excluding tert-OH is 1. The van der Waals surface area contributed by atoms with E-state index >= 15 is 0 Å². The van der Waals surface area contributed by atoms with Crippen molar-refractivity contribution in [3.63, 3.8) is 0 Å². The zero-order valence-corrected chi connectivity index (χ0v) is 13.1. The molecule has 0 spiro atoms. The average molecular weight is 295 g/mol. The van der Waals surface area contributed by atoms with E-state index < -0.39 is 11.7 Å². The summed E-state index contributed by atoms with van der Waals surface area (Å²) in [5.41, 5.74) is 1.66. The maximum Gasteiger partial charge on any atom is 0.408 e. The van der Waals surface area contributed by atoms with E-state index in [1.54, 1.807) is 6.20 Å². The number of rotatable bonds is 3. The van der Waals surface area contributed by atoms with Crippen molar-refractivity contribution in [2.24, 2.45) is 0 Å². The van der Waals surface area contributed by atoms with Gasteiger partial charge in [0.2, 0.25) is 0 Å². The van der Waals surface area contributed by atoms with E-state index in [9.17, 15) is 4.79 Å². The molecule has 1 aromatic rings. The Kier molecular flexibility index (Phi) is 4.88. The van der Waals surface area contributed by atoms with Gasteiger partial charge in [0, 0.05) is 11.3 Å². The van der Waals surface area contributed by atoms with Crippen molar-refractivity contribution in [2.45, 2.75) is 64.6 Å². The summed E-state index contributed by atoms with van der Waals surface area (Å²) in [5, 5.41) is 16.4. The molecule has 1 aliphatic carbocycles. The van der Waals surface area contributed by atoms with E-state index in [1.807, 2.05) is 25.5 Å². The fourth-order valence-electron chi connectivity index (χ4n) is 2.67. The molecular formula is C15H25N3O3. The highest BCUT2D eigenvalue weighted by atomic mass is 16.6. The number of nitrogens with zero attached hydrogens (tertiary/aromatic N) is 2. The summed E-state index contributed by atoms with van der Waals surface area (Å²) in [6.07, 6.45) is 5.34. The molecule has 1 unspecified atom stereocenters. The first kappa shape index (κ1) is 15.8. The molecule has 1 aliphatic rings. The molecule has 1 atom stereocenters. The Balaban J connectivity index is 2.12. The van der Waals surface area contributed by atoms with Gasteiger partial charge in [-0.15, -0.1) is 0 Å². The van der Waals surface area contributed by atoms with Gasteiger partial charge >= 0.3 is 6.09 Å². The summed E-state index contributed by atoms with van der Waals surface area (Å²) >= 11 is 0. The fraction of sp³-hybridized carbons (Fsp3) is 0.733. The third-order valence-electron chi connectivity index (χ3n) is 3.52. The van der Waals surface area contributed by atoms with Crippen molar-refractivity contribution in [1.29, 1.82) is 0 Å². The summed E-state index contributed by atoms with van der Waals surface area (Å²) in [6, 6.07) is -0.0650. The Hall–Kier alpha value is -1.56. The molecular weight excluding hydrogens is 270 g/mol. The first-order valence-corrected chi connectivity index (χ1v) is 7.55. The predicted octanol–water partition coefficient (Wildman–Crippen LogP) is 2.17. The maximum absolute atomic E-state index is 12.0. The molecule has 0 aliphatic heterocycles. The molecule has 0 saturated carbocycles. The maximum atomic E-state index is 12.0. The van der Waals surface area contributed by atoms with E-state index in [4.69, 9.17) is 9.84 Å². The number of aromatic nitrogens is 2. The summed E-state index contributed by atoms with van der Waals surface area (Å²) in [4.78, 5) is 12.0. The molecule has 1 heterocycles. The minimum absolute atomic E-state index is 0.0650. The largest absolute Gasteiger partial charge is 0.444 e. The molecule has 118 valence electrons. The van der Waals surface area contributed by atoms with Gasteiger partial charge in [0.05, 0.1) is 25.4 Å². The molecule has 0 fully saturated rings. The number of hydrogen-bond donors (Lipinski definition) is 2. The van der Waals surface area contributed by atoms with Crippen LogP contribution in [0, 0.1) is 0 Å². The molecule has 1 amide bonds. The molecule has 2 rings (SSSR count). The van der Waals surface area contributed by atoms with Gasteiger partial charge in [-0.3, -0.25) is 4.68 Å². The van der Waals surface area contributed by atoms with Gasteiger partial charge in [-0.1, -0.05) is 6.42 Å². The lowest BCUT2D eigenvalue weighted by Crippen LogP contribution is -2.35. The Morgan fingerprint density at radius 3 is 2.95 bits per heavy atom. The number of nitrogens with one attached hydrogen (secondary N) is 1. The fourth-order valence-corrected chi connectivity index (χ4v) is 2.67. The molecule has 21 heavy (non-hydrogen) atoms. The summed E-state index contributed by atoms with van der Waals surface area (Å²) in [6.45, 7) is 6.12. The quantitative estimate of drug-likeness (QED) is 0.838. The molecule has 0 bridgehead atoms. The highest BCUT2D eigenvalue weighted by Crippen LogP contribution is 2.28. The van der Waals surface area contributed by atoms with Gasteiger partial charge < -0.3 is 15.2 Å². The highest BCUT2D eigenvalue weighted by molar-refractivity contribution is 5.68. The second-order valence-corrected chi connectivity index (χ2v) is 6.44. The van der Waals surface area contributed by atoms with Gasteiger partial charge in [0.25, 0.3) is 0 Å². The highest BCUT2D eigenvalue weighted by Gasteiger charge is 2.26. The van der Waals surface area contributed by atoms with Crippen LogP contribution in [-0.2, 0) is 17.7 Å². The minimum atomic E-state index is -0.501. The molecule has 0 radical (unpaired) electrons. The van der Waals surface area contributed by atoms with Crippen LogP contribution in [0.2, 0.25) is 0 Å². The van der Waals surface area contributed by atoms with Crippen molar-refractivity contribution in [1.82, 2.24) is 15.1 Å². The first-order chi connectivity index (χ1) is 9.90. The third-order valence-corrected chi connectivity index (χ3v) is 3.52. The van der Waals surface area contributed by atoms with Crippen molar-refractivity contribution >= 4 is 6.09 Å². The van der Waals surface area contributed by atoms with Crippen LogP contribution in [0.3, 0.4) is 0 Å². The van der Waals surface area contributed by atoms with Crippen LogP contribution in [0.25, 0.3) is 0 Å². The van der Waals surface area contributed by atoms with Crippen molar-refractivity contribution in [2.75, 3.05) is 6.61 Å². The SMILES string of the molecule is CC(C)(C)OC(=O)NC1CCCCc2c1cnn2CCO. The van der Waals surface area contributed by atoms with Crippen LogP contribution in [0.15, 0.2) is 6.20 Å². The van der Waals surface area contributed by atoms with E-state index in [2.05, 4.69) is 10.4 Å². The normalized spacial score (nSPS) is 18.8. The Bertz CT molecular complexity index is 491. The van der Waals surface area contributed by atoms with Crippen LogP contribution in [0.1, 0.15) is 57.3 Å². The number of carbonyl (C=O) groups excluding carboxylic acids is 1. The zero-order chi connectivity index (χ0) is 15.5. The number of hydrogen-bond acceptors (Lipinski definition) is 4. The monoisotopic (exact) mass is 295 g/mol. The topological polar surface area (TPSA) is 76.4 Å². The number of amides is 1. The lowest BCUT2D eigenvalue weighted by atomic mass is 10.1. The molecule has 6 heteroatoms. The average Bonchev–Trinajstić information content (AvgIpc) is 2.64. The van der Waals surface area contributed by atoms with Crippen molar-refractivity contribution < 1.29 is 14.6 Å². The van der Waals surface area contributed by atoms with Crippen LogP contribution in [0.5, 0.6) is 0 Å². The third kappa shape index (κ3) is 4.20. The molecule has 0 aromatic carbocycles. The number of ether oxygens (including phenoxy) is 1. The van der Waals surface area contributed by atoms with Crippen LogP contribution in [-0.4, -0.2) is 33.2 Å². The summed E-state index contributed by atoms with van der Waals surface area (Å²) in [5.74, 6) is 0. The number of carbonyl (C=O) groups is 1. The molecule has 2 N–H and O–H groups in total. The second-order valence-electron chi connectivity index (χ2n) is 6.44. The van der Waals surface area contributed by atoms with Crippen LogP contribution < -0.4 is 5.32 Å². The molecule has 6 nitrogen and oxygen atoms in total. The van der Waals surface area contributed by atoms with E-state index in [0.717, 1.165) is 36.9 Å². The molecule has 0 saturated heterocycles. The van der Waals surface area contributed by atoms with Gasteiger partial charge in [-0.25, -0.2) is 4.79 Å². The minimum Gasteiger partial charge on any atom is -0.444 e. The predicted molar refractivity (Wildman–Crippen MR) is 79.0 cm³/mol. The van der Waals surface area contributed by atoms with Crippen LogP contribution >= 0.6 is 0 Å². The van der Waals surface area contributed by atoms with Gasteiger partial charge in [-0.2, -0.15) is 5.10 Å². The lowest BCUT2D eigenvalue weighted by molar-refractivity contribution is 0.0501. The lowest BCUT2D eigenvalue weighted by Gasteiger charge is -2.23. The first-order valence-electron chi connectivity index (χ1n) is 7.55. The summed E-state index contributed by atoms with van der Waals surface area (Å²) in [7, 11) is 0. The smallest absolute Gasteiger partial charge is 0.408 e. The Morgan fingerprint density at radius 1 is 1.52 bits per heavy atom. The molecule has 1 aromatic heterocycles. The number of aliphatic hydroxyl groups is 1. The Labute approximate surface area is 125 Å². The van der Waals surface area contributed by atoms with Gasteiger partial charge in [-0.05, 0) is 40.0 Å². The zero-order valence-electron chi connectivity index (χ0n) is 13.1. The standard InChI is InChI=1S/C15H25N3O3/c1-15(2,3)21-14(20)17-12-6-4-5-7-13-11(12)10-16-18(13)8-9-19/h10,12,19H,4-9H2,1-3H3,(H,17,20). The van der Waals surface area contributed by atoms with E-state index in [1.165, 1.54) is 0 Å². The van der Waals surface area contributed by atoms with Crippen LogP contribution in [0.4, 0.5) is 4.79 Å². The Morgan fingerprint density at radius 2 is 2.29 bits per heavy atom. The van der Waals surface area contributed by atoms with Gasteiger partial charge in [0.15, 0.2) is 0 Å². The van der Waals surface area contributed by atoms with E-state index in [0.29, 0.717) is 6.54 Å². The van der Waals surface area contributed by atoms with Gasteiger partial charge in [0.1, 0.15) is 5.60 Å². The van der Waals surface area contributed by atoms with Crippen molar-refractivity contribution in [3.05, 3.63) is 17.5 Å². The number of fused-ring (bicyclic) bond motifs is 1. The van der Waals surface area contributed by atoms with E-state index in [-0.39, 0.29) is 12.6 Å². The second kappa shape index (κ2) is 6.47. The van der Waals surface area contributed by atoms with Crippen molar-refractivity contribution in [3.8, 4) is 0 Å².